The molecule has 0 amide bonds. The Morgan fingerprint density at radius 3 is 2.75 bits per heavy atom. The molecule has 2 fully saturated rings. The van der Waals surface area contributed by atoms with Crippen LogP contribution >= 0.6 is 0 Å². The largest absolute Gasteiger partial charge is 0.489 e. The average Bonchev–Trinajstić information content (AvgIpc) is 2.72. The van der Waals surface area contributed by atoms with Crippen LogP contribution in [-0.4, -0.2) is 22.2 Å². The molecular formula is C16H21NO3. The van der Waals surface area contributed by atoms with Crippen molar-refractivity contribution in [2.75, 3.05) is 0 Å². The van der Waals surface area contributed by atoms with Crippen LogP contribution in [0.1, 0.15) is 50.4 Å². The lowest BCUT2D eigenvalue weighted by Crippen LogP contribution is -2.39. The SMILES string of the molecule is CC1(C)C2CCC1(C)C(Oc1ccncc1C(=O)O)C2. The number of rotatable bonds is 3. The topological polar surface area (TPSA) is 59.4 Å². The van der Waals surface area contributed by atoms with E-state index in [4.69, 9.17) is 4.74 Å². The average molecular weight is 275 g/mol. The van der Waals surface area contributed by atoms with E-state index in [1.54, 1.807) is 12.3 Å². The monoisotopic (exact) mass is 275 g/mol. The highest BCUT2D eigenvalue weighted by Gasteiger charge is 2.62. The maximum atomic E-state index is 11.2. The molecule has 2 aliphatic carbocycles. The Kier molecular flexibility index (Phi) is 2.82. The predicted molar refractivity (Wildman–Crippen MR) is 74.8 cm³/mol. The predicted octanol–water partition coefficient (Wildman–Crippen LogP) is 3.37. The van der Waals surface area contributed by atoms with E-state index in [9.17, 15) is 9.90 Å². The van der Waals surface area contributed by atoms with Crippen molar-refractivity contribution < 1.29 is 14.6 Å². The molecule has 0 saturated heterocycles. The van der Waals surface area contributed by atoms with E-state index >= 15 is 0 Å². The Morgan fingerprint density at radius 1 is 1.45 bits per heavy atom. The summed E-state index contributed by atoms with van der Waals surface area (Å²) in [5.41, 5.74) is 0.529. The van der Waals surface area contributed by atoms with E-state index in [-0.39, 0.29) is 22.5 Å². The van der Waals surface area contributed by atoms with Crippen molar-refractivity contribution in [3.63, 3.8) is 0 Å². The van der Waals surface area contributed by atoms with Crippen LogP contribution in [0, 0.1) is 16.7 Å². The molecule has 0 radical (unpaired) electrons. The smallest absolute Gasteiger partial charge is 0.341 e. The van der Waals surface area contributed by atoms with Crippen molar-refractivity contribution in [3.05, 3.63) is 24.0 Å². The van der Waals surface area contributed by atoms with Gasteiger partial charge in [-0.2, -0.15) is 0 Å². The minimum absolute atomic E-state index is 0.0942. The molecule has 2 bridgehead atoms. The van der Waals surface area contributed by atoms with Crippen LogP contribution in [0.15, 0.2) is 18.5 Å². The van der Waals surface area contributed by atoms with Gasteiger partial charge in [0.25, 0.3) is 0 Å². The summed E-state index contributed by atoms with van der Waals surface area (Å²) in [7, 11) is 0. The van der Waals surface area contributed by atoms with Gasteiger partial charge in [-0.15, -0.1) is 0 Å². The summed E-state index contributed by atoms with van der Waals surface area (Å²) in [4.78, 5) is 15.1. The van der Waals surface area contributed by atoms with E-state index in [1.165, 1.54) is 12.6 Å². The number of hydrogen-bond donors (Lipinski definition) is 1. The Bertz CT molecular complexity index is 554. The van der Waals surface area contributed by atoms with Crippen LogP contribution in [-0.2, 0) is 0 Å². The van der Waals surface area contributed by atoms with Crippen LogP contribution in [0.25, 0.3) is 0 Å². The number of pyridine rings is 1. The third-order valence-electron chi connectivity index (χ3n) is 5.99. The number of aromatic nitrogens is 1. The van der Waals surface area contributed by atoms with Crippen LogP contribution in [0.5, 0.6) is 5.75 Å². The molecular weight excluding hydrogens is 254 g/mol. The number of carboxylic acid groups (broad SMARTS) is 1. The van der Waals surface area contributed by atoms with Crippen LogP contribution < -0.4 is 4.74 Å². The normalized spacial score (nSPS) is 34.1. The molecule has 20 heavy (non-hydrogen) atoms. The molecule has 2 aliphatic rings. The fourth-order valence-corrected chi connectivity index (χ4v) is 4.11. The first-order chi connectivity index (χ1) is 9.36. The van der Waals surface area contributed by atoms with Gasteiger partial charge in [0, 0.05) is 17.8 Å². The lowest BCUT2D eigenvalue weighted by Gasteiger charge is -2.39. The molecule has 1 aromatic heterocycles. The second kappa shape index (κ2) is 4.21. The van der Waals surface area contributed by atoms with Crippen molar-refractivity contribution in [1.29, 1.82) is 0 Å². The van der Waals surface area contributed by atoms with E-state index in [1.807, 2.05) is 0 Å². The van der Waals surface area contributed by atoms with Gasteiger partial charge in [0.05, 0.1) is 0 Å². The summed E-state index contributed by atoms with van der Waals surface area (Å²) in [6, 6.07) is 1.66. The molecule has 1 N–H and O–H groups in total. The summed E-state index contributed by atoms with van der Waals surface area (Å²) in [6.07, 6.45) is 6.47. The molecule has 1 heterocycles. The fourth-order valence-electron chi connectivity index (χ4n) is 4.11. The quantitative estimate of drug-likeness (QED) is 0.918. The van der Waals surface area contributed by atoms with Gasteiger partial charge in [0.2, 0.25) is 0 Å². The third kappa shape index (κ3) is 1.67. The second-order valence-corrected chi connectivity index (χ2v) is 6.89. The van der Waals surface area contributed by atoms with Gasteiger partial charge >= 0.3 is 5.97 Å². The van der Waals surface area contributed by atoms with Gasteiger partial charge in [-0.3, -0.25) is 4.98 Å². The highest BCUT2D eigenvalue weighted by atomic mass is 16.5. The number of fused-ring (bicyclic) bond motifs is 2. The van der Waals surface area contributed by atoms with Gasteiger partial charge in [-0.05, 0) is 36.7 Å². The third-order valence-corrected chi connectivity index (χ3v) is 5.99. The molecule has 1 aromatic rings. The summed E-state index contributed by atoms with van der Waals surface area (Å²) < 4.78 is 6.12. The van der Waals surface area contributed by atoms with Crippen LogP contribution in [0.3, 0.4) is 0 Å². The first kappa shape index (κ1) is 13.4. The number of carboxylic acids is 1. The summed E-state index contributed by atoms with van der Waals surface area (Å²) in [6.45, 7) is 6.92. The standard InChI is InChI=1S/C16H21NO3/c1-15(2)10-4-6-16(15,3)13(8-10)20-12-5-7-17-9-11(12)14(18)19/h5,7,9-10,13H,4,6,8H2,1-3H3,(H,18,19). The number of nitrogens with zero attached hydrogens (tertiary/aromatic N) is 1. The minimum atomic E-state index is -0.985. The molecule has 3 atom stereocenters. The molecule has 0 aliphatic heterocycles. The van der Waals surface area contributed by atoms with Crippen molar-refractivity contribution in [1.82, 2.24) is 4.98 Å². The van der Waals surface area contributed by atoms with Gasteiger partial charge < -0.3 is 9.84 Å². The van der Waals surface area contributed by atoms with Gasteiger partial charge in [-0.1, -0.05) is 20.8 Å². The molecule has 4 heteroatoms. The zero-order chi connectivity index (χ0) is 14.5. The molecule has 3 unspecified atom stereocenters. The van der Waals surface area contributed by atoms with E-state index in [2.05, 4.69) is 25.8 Å². The minimum Gasteiger partial charge on any atom is -0.489 e. The number of hydrogen-bond acceptors (Lipinski definition) is 3. The van der Waals surface area contributed by atoms with Crippen LogP contribution in [0.4, 0.5) is 0 Å². The Labute approximate surface area is 119 Å². The lowest BCUT2D eigenvalue weighted by atomic mass is 9.70. The first-order valence-electron chi connectivity index (χ1n) is 7.20. The zero-order valence-electron chi connectivity index (χ0n) is 12.2. The fraction of sp³-hybridized carbons (Fsp3) is 0.625. The Morgan fingerprint density at radius 2 is 2.20 bits per heavy atom. The molecule has 0 spiro atoms. The first-order valence-corrected chi connectivity index (χ1v) is 7.20. The summed E-state index contributed by atoms with van der Waals surface area (Å²) >= 11 is 0. The van der Waals surface area contributed by atoms with E-state index in [0.717, 1.165) is 12.8 Å². The van der Waals surface area contributed by atoms with E-state index < -0.39 is 5.97 Å². The molecule has 3 rings (SSSR count). The molecule has 4 nitrogen and oxygen atoms in total. The van der Waals surface area contributed by atoms with Crippen molar-refractivity contribution in [2.45, 2.75) is 46.1 Å². The van der Waals surface area contributed by atoms with Gasteiger partial charge in [-0.25, -0.2) is 4.79 Å². The van der Waals surface area contributed by atoms with Gasteiger partial charge in [0.1, 0.15) is 17.4 Å². The maximum absolute atomic E-state index is 11.2. The summed E-state index contributed by atoms with van der Waals surface area (Å²) in [5, 5.41) is 9.22. The molecule has 2 saturated carbocycles. The van der Waals surface area contributed by atoms with E-state index in [0.29, 0.717) is 11.7 Å². The lowest BCUT2D eigenvalue weighted by molar-refractivity contribution is 0.0287. The Balaban J connectivity index is 1.89. The number of carbonyl (C=O) groups is 1. The highest BCUT2D eigenvalue weighted by Crippen LogP contribution is 2.66. The summed E-state index contributed by atoms with van der Waals surface area (Å²) in [5.74, 6) is 0.135. The van der Waals surface area contributed by atoms with Crippen molar-refractivity contribution in [2.24, 2.45) is 16.7 Å². The Hall–Kier alpha value is -1.58. The molecule has 108 valence electrons. The van der Waals surface area contributed by atoms with Crippen molar-refractivity contribution in [3.8, 4) is 5.75 Å². The highest BCUT2D eigenvalue weighted by molar-refractivity contribution is 5.90. The van der Waals surface area contributed by atoms with Crippen LogP contribution in [0.2, 0.25) is 0 Å². The van der Waals surface area contributed by atoms with Crippen molar-refractivity contribution >= 4 is 5.97 Å². The maximum Gasteiger partial charge on any atom is 0.341 e. The second-order valence-electron chi connectivity index (χ2n) is 6.89. The van der Waals surface area contributed by atoms with Gasteiger partial charge in [0.15, 0.2) is 0 Å². The number of ether oxygens (including phenoxy) is 1. The zero-order valence-corrected chi connectivity index (χ0v) is 12.2. The number of aromatic carboxylic acids is 1. The molecule has 0 aromatic carbocycles.